The molecule has 9 nitrogen and oxygen atoms in total. The number of fused-ring (bicyclic) bond motifs is 1. The SMILES string of the molecule is CCOc1n[nH]c2cc(OCCNC[C@H](O)c3cccc(NS(C)(=O)=O)c3)ccc12. The number of aliphatic hydroxyl groups excluding tert-OH is 1. The summed E-state index contributed by atoms with van der Waals surface area (Å²) in [6.45, 7) is 3.71. The molecule has 3 rings (SSSR count). The number of aromatic amines is 1. The van der Waals surface area contributed by atoms with Crippen LogP contribution in [0.5, 0.6) is 11.6 Å². The Morgan fingerprint density at radius 2 is 2.03 bits per heavy atom. The van der Waals surface area contributed by atoms with Crippen molar-refractivity contribution < 1.29 is 23.0 Å². The number of ether oxygens (including phenoxy) is 2. The van der Waals surface area contributed by atoms with E-state index >= 15 is 0 Å². The van der Waals surface area contributed by atoms with E-state index in [4.69, 9.17) is 9.47 Å². The molecule has 0 aliphatic heterocycles. The summed E-state index contributed by atoms with van der Waals surface area (Å²) in [6, 6.07) is 12.3. The highest BCUT2D eigenvalue weighted by molar-refractivity contribution is 7.92. The molecule has 0 amide bonds. The lowest BCUT2D eigenvalue weighted by atomic mass is 10.1. The molecule has 0 aliphatic carbocycles. The molecule has 3 aromatic rings. The third kappa shape index (κ3) is 6.09. The number of aromatic nitrogens is 2. The molecule has 0 aliphatic rings. The molecule has 0 fully saturated rings. The summed E-state index contributed by atoms with van der Waals surface area (Å²) < 4.78 is 36.3. The van der Waals surface area contributed by atoms with Crippen molar-refractivity contribution in [2.45, 2.75) is 13.0 Å². The highest BCUT2D eigenvalue weighted by Crippen LogP contribution is 2.26. The monoisotopic (exact) mass is 434 g/mol. The molecule has 162 valence electrons. The van der Waals surface area contributed by atoms with Crippen molar-refractivity contribution >= 4 is 26.6 Å². The molecule has 1 aromatic heterocycles. The second-order valence-electron chi connectivity index (χ2n) is 6.74. The van der Waals surface area contributed by atoms with Gasteiger partial charge in [-0.25, -0.2) is 8.42 Å². The van der Waals surface area contributed by atoms with Gasteiger partial charge in [-0.15, -0.1) is 5.10 Å². The van der Waals surface area contributed by atoms with Crippen molar-refractivity contribution in [1.82, 2.24) is 15.5 Å². The van der Waals surface area contributed by atoms with Crippen LogP contribution in [0.4, 0.5) is 5.69 Å². The number of sulfonamides is 1. The first-order valence-corrected chi connectivity index (χ1v) is 11.4. The van der Waals surface area contributed by atoms with Gasteiger partial charge in [0.25, 0.3) is 0 Å². The number of H-pyrrole nitrogens is 1. The molecule has 0 bridgehead atoms. The first-order valence-electron chi connectivity index (χ1n) is 9.56. The van der Waals surface area contributed by atoms with Crippen LogP contribution >= 0.6 is 0 Å². The Balaban J connectivity index is 1.45. The molecule has 1 heterocycles. The fourth-order valence-electron chi connectivity index (χ4n) is 2.93. The van der Waals surface area contributed by atoms with Crippen LogP contribution in [0.25, 0.3) is 10.9 Å². The molecule has 0 spiro atoms. The maximum Gasteiger partial charge on any atom is 0.240 e. The van der Waals surface area contributed by atoms with E-state index < -0.39 is 16.1 Å². The standard InChI is InChI=1S/C20H26N4O5S/c1-3-28-20-17-8-7-16(12-18(17)22-23-20)29-10-9-21-13-19(25)14-5-4-6-15(11-14)24-30(2,26)27/h4-8,11-12,19,21,24-25H,3,9-10,13H2,1-2H3,(H,22,23)/t19-/m0/s1. The van der Waals surface area contributed by atoms with Crippen molar-refractivity contribution in [2.75, 3.05) is 37.3 Å². The average molecular weight is 435 g/mol. The quantitative estimate of drug-likeness (QED) is 0.340. The van der Waals surface area contributed by atoms with E-state index in [1.54, 1.807) is 24.3 Å². The average Bonchev–Trinajstić information content (AvgIpc) is 3.09. The first kappa shape index (κ1) is 21.9. The van der Waals surface area contributed by atoms with Crippen molar-refractivity contribution in [3.05, 3.63) is 48.0 Å². The van der Waals surface area contributed by atoms with Crippen molar-refractivity contribution in [3.63, 3.8) is 0 Å². The van der Waals surface area contributed by atoms with Crippen molar-refractivity contribution in [3.8, 4) is 11.6 Å². The normalized spacial score (nSPS) is 12.6. The molecule has 0 saturated carbocycles. The summed E-state index contributed by atoms with van der Waals surface area (Å²) in [4.78, 5) is 0. The topological polar surface area (TPSA) is 126 Å². The molecule has 1 atom stereocenters. The second kappa shape index (κ2) is 9.79. The van der Waals surface area contributed by atoms with E-state index in [0.29, 0.717) is 49.2 Å². The van der Waals surface area contributed by atoms with E-state index in [1.165, 1.54) is 0 Å². The van der Waals surface area contributed by atoms with Gasteiger partial charge in [0.05, 0.1) is 29.9 Å². The fourth-order valence-corrected chi connectivity index (χ4v) is 3.49. The number of rotatable bonds is 11. The Labute approximate surface area is 175 Å². The lowest BCUT2D eigenvalue weighted by Gasteiger charge is -2.14. The van der Waals surface area contributed by atoms with Crippen LogP contribution in [0.15, 0.2) is 42.5 Å². The molecule has 0 unspecified atom stereocenters. The number of hydrogen-bond donors (Lipinski definition) is 4. The Morgan fingerprint density at radius 1 is 1.20 bits per heavy atom. The second-order valence-corrected chi connectivity index (χ2v) is 8.49. The van der Waals surface area contributed by atoms with Gasteiger partial charge in [-0.05, 0) is 36.8 Å². The summed E-state index contributed by atoms with van der Waals surface area (Å²) in [7, 11) is -3.36. The lowest BCUT2D eigenvalue weighted by Crippen LogP contribution is -2.26. The third-order valence-corrected chi connectivity index (χ3v) is 4.85. The van der Waals surface area contributed by atoms with E-state index in [9.17, 15) is 13.5 Å². The molecule has 10 heteroatoms. The predicted molar refractivity (Wildman–Crippen MR) is 115 cm³/mol. The van der Waals surface area contributed by atoms with Gasteiger partial charge in [0, 0.05) is 24.8 Å². The number of nitrogens with zero attached hydrogens (tertiary/aromatic N) is 1. The van der Waals surface area contributed by atoms with Crippen molar-refractivity contribution in [1.29, 1.82) is 0 Å². The van der Waals surface area contributed by atoms with Gasteiger partial charge in [-0.1, -0.05) is 12.1 Å². The summed E-state index contributed by atoms with van der Waals surface area (Å²) in [5.74, 6) is 1.28. The van der Waals surface area contributed by atoms with Crippen LogP contribution in [-0.2, 0) is 10.0 Å². The van der Waals surface area contributed by atoms with Gasteiger partial charge in [0.15, 0.2) is 0 Å². The number of nitrogens with one attached hydrogen (secondary N) is 3. The largest absolute Gasteiger partial charge is 0.492 e. The first-order chi connectivity index (χ1) is 14.4. The van der Waals surface area contributed by atoms with Gasteiger partial charge in [-0.2, -0.15) is 0 Å². The molecule has 30 heavy (non-hydrogen) atoms. The Kier molecular flexibility index (Phi) is 7.14. The smallest absolute Gasteiger partial charge is 0.240 e. The maximum absolute atomic E-state index is 11.3. The number of benzene rings is 2. The zero-order valence-corrected chi connectivity index (χ0v) is 17.7. The molecular formula is C20H26N4O5S. The Morgan fingerprint density at radius 3 is 2.80 bits per heavy atom. The highest BCUT2D eigenvalue weighted by Gasteiger charge is 2.10. The summed E-state index contributed by atoms with van der Waals surface area (Å²) >= 11 is 0. The van der Waals surface area contributed by atoms with E-state index in [0.717, 1.165) is 17.2 Å². The number of anilines is 1. The van der Waals surface area contributed by atoms with Crippen LogP contribution < -0.4 is 19.5 Å². The minimum Gasteiger partial charge on any atom is -0.492 e. The molecule has 0 saturated heterocycles. The number of aliphatic hydroxyl groups is 1. The van der Waals surface area contributed by atoms with Crippen LogP contribution in [0, 0.1) is 0 Å². The minimum atomic E-state index is -3.36. The van der Waals surface area contributed by atoms with Gasteiger partial charge >= 0.3 is 0 Å². The molecule has 2 aromatic carbocycles. The zero-order valence-electron chi connectivity index (χ0n) is 16.9. The molecular weight excluding hydrogens is 408 g/mol. The highest BCUT2D eigenvalue weighted by atomic mass is 32.2. The molecule has 4 N–H and O–H groups in total. The summed E-state index contributed by atoms with van der Waals surface area (Å²) in [5.41, 5.74) is 1.87. The van der Waals surface area contributed by atoms with Gasteiger partial charge < -0.3 is 19.9 Å². The van der Waals surface area contributed by atoms with Gasteiger partial charge in [-0.3, -0.25) is 9.82 Å². The third-order valence-electron chi connectivity index (χ3n) is 4.24. The van der Waals surface area contributed by atoms with Gasteiger partial charge in [0.1, 0.15) is 12.4 Å². The Hall–Kier alpha value is -2.82. The van der Waals surface area contributed by atoms with Gasteiger partial charge in [0.2, 0.25) is 15.9 Å². The van der Waals surface area contributed by atoms with Crippen LogP contribution in [0.2, 0.25) is 0 Å². The molecule has 0 radical (unpaired) electrons. The predicted octanol–water partition coefficient (Wildman–Crippen LogP) is 2.04. The summed E-state index contributed by atoms with van der Waals surface area (Å²) in [5, 5.41) is 21.4. The van der Waals surface area contributed by atoms with E-state index in [-0.39, 0.29) is 0 Å². The van der Waals surface area contributed by atoms with E-state index in [2.05, 4.69) is 20.2 Å². The van der Waals surface area contributed by atoms with Crippen LogP contribution in [-0.4, -0.2) is 56.3 Å². The van der Waals surface area contributed by atoms with Crippen molar-refractivity contribution in [2.24, 2.45) is 0 Å². The van der Waals surface area contributed by atoms with E-state index in [1.807, 2.05) is 25.1 Å². The summed E-state index contributed by atoms with van der Waals surface area (Å²) in [6.07, 6.45) is 0.309. The minimum absolute atomic E-state index is 0.309. The fraction of sp³-hybridized carbons (Fsp3) is 0.350. The number of hydrogen-bond acceptors (Lipinski definition) is 7. The zero-order chi connectivity index (χ0) is 21.6. The van der Waals surface area contributed by atoms with Crippen LogP contribution in [0.3, 0.4) is 0 Å². The Bertz CT molecular complexity index is 1080. The van der Waals surface area contributed by atoms with Crippen LogP contribution in [0.1, 0.15) is 18.6 Å². The maximum atomic E-state index is 11.3. The lowest BCUT2D eigenvalue weighted by molar-refractivity contribution is 0.172.